The number of carbonyl (C=O) groups excluding carboxylic acids is 1. The van der Waals surface area contributed by atoms with Crippen LogP contribution in [0.15, 0.2) is 29.5 Å². The van der Waals surface area contributed by atoms with Crippen molar-refractivity contribution in [2.45, 2.75) is 27.2 Å². The van der Waals surface area contributed by atoms with Crippen LogP contribution in [0.3, 0.4) is 0 Å². The molecular formula is C14H16N2O2. The summed E-state index contributed by atoms with van der Waals surface area (Å²) in [7, 11) is 0. The summed E-state index contributed by atoms with van der Waals surface area (Å²) in [5.41, 5.74) is 2.64. The minimum atomic E-state index is -0.596. The molecule has 18 heavy (non-hydrogen) atoms. The van der Waals surface area contributed by atoms with E-state index in [1.54, 1.807) is 12.1 Å². The lowest BCUT2D eigenvalue weighted by Gasteiger charge is -2.08. The van der Waals surface area contributed by atoms with Crippen LogP contribution in [0.4, 0.5) is 5.69 Å². The van der Waals surface area contributed by atoms with Crippen LogP contribution >= 0.6 is 0 Å². The third-order valence-corrected chi connectivity index (χ3v) is 2.68. The maximum Gasteiger partial charge on any atom is 0.269 e. The van der Waals surface area contributed by atoms with Gasteiger partial charge in [-0.1, -0.05) is 13.0 Å². The molecule has 0 radical (unpaired) electrons. The van der Waals surface area contributed by atoms with Crippen LogP contribution in [0, 0.1) is 18.3 Å². The highest BCUT2D eigenvalue weighted by Gasteiger charge is 2.12. The minimum Gasteiger partial charge on any atom is -0.511 e. The van der Waals surface area contributed by atoms with Crippen molar-refractivity contribution in [3.05, 3.63) is 40.7 Å². The van der Waals surface area contributed by atoms with E-state index in [2.05, 4.69) is 12.2 Å². The highest BCUT2D eigenvalue weighted by Crippen LogP contribution is 2.16. The third kappa shape index (κ3) is 3.11. The number of amides is 1. The summed E-state index contributed by atoms with van der Waals surface area (Å²) in [6.45, 7) is 5.34. The van der Waals surface area contributed by atoms with Crippen molar-refractivity contribution >= 4 is 11.6 Å². The summed E-state index contributed by atoms with van der Waals surface area (Å²) in [5, 5.41) is 20.5. The van der Waals surface area contributed by atoms with E-state index in [0.29, 0.717) is 5.69 Å². The molecule has 4 heteroatoms. The van der Waals surface area contributed by atoms with Crippen molar-refractivity contribution in [2.75, 3.05) is 5.32 Å². The van der Waals surface area contributed by atoms with Gasteiger partial charge < -0.3 is 10.4 Å². The fraction of sp³-hybridized carbons (Fsp3) is 0.286. The van der Waals surface area contributed by atoms with Crippen LogP contribution in [0.25, 0.3) is 0 Å². The van der Waals surface area contributed by atoms with Gasteiger partial charge in [0.15, 0.2) is 5.57 Å². The first-order valence-electron chi connectivity index (χ1n) is 5.70. The maximum atomic E-state index is 11.7. The summed E-state index contributed by atoms with van der Waals surface area (Å²) >= 11 is 0. The SMILES string of the molecule is CCc1ccc(NC(=O)/C(C#N)=C(/C)O)cc1C. The van der Waals surface area contributed by atoms with E-state index in [4.69, 9.17) is 5.26 Å². The Balaban J connectivity index is 2.93. The number of aryl methyl sites for hydroxylation is 2. The first-order valence-corrected chi connectivity index (χ1v) is 5.70. The molecule has 0 aliphatic heterocycles. The number of nitriles is 1. The van der Waals surface area contributed by atoms with E-state index >= 15 is 0 Å². The third-order valence-electron chi connectivity index (χ3n) is 2.68. The fourth-order valence-corrected chi connectivity index (χ4v) is 1.66. The molecule has 1 aromatic rings. The van der Waals surface area contributed by atoms with Gasteiger partial charge >= 0.3 is 0 Å². The van der Waals surface area contributed by atoms with Gasteiger partial charge in [-0.25, -0.2) is 0 Å². The Morgan fingerprint density at radius 2 is 2.17 bits per heavy atom. The van der Waals surface area contributed by atoms with Gasteiger partial charge in [0.05, 0.1) is 0 Å². The molecule has 1 aromatic carbocycles. The van der Waals surface area contributed by atoms with Crippen molar-refractivity contribution in [2.24, 2.45) is 0 Å². The first-order chi connectivity index (χ1) is 8.49. The average Bonchev–Trinajstić information content (AvgIpc) is 2.29. The largest absolute Gasteiger partial charge is 0.511 e. The molecule has 4 nitrogen and oxygen atoms in total. The Morgan fingerprint density at radius 1 is 1.50 bits per heavy atom. The molecule has 0 saturated carbocycles. The average molecular weight is 244 g/mol. The van der Waals surface area contributed by atoms with Gasteiger partial charge in [0.2, 0.25) is 0 Å². The summed E-state index contributed by atoms with van der Waals surface area (Å²) in [4.78, 5) is 11.7. The Bertz CT molecular complexity index is 535. The monoisotopic (exact) mass is 244 g/mol. The van der Waals surface area contributed by atoms with Crippen LogP contribution in [0.1, 0.15) is 25.0 Å². The molecule has 0 fully saturated rings. The number of benzene rings is 1. The molecule has 0 spiro atoms. The van der Waals surface area contributed by atoms with Crippen LogP contribution in [0.5, 0.6) is 0 Å². The number of aliphatic hydroxyl groups is 1. The number of anilines is 1. The van der Waals surface area contributed by atoms with E-state index in [1.165, 1.54) is 12.5 Å². The van der Waals surface area contributed by atoms with Gasteiger partial charge in [0.25, 0.3) is 5.91 Å². The van der Waals surface area contributed by atoms with Crippen molar-refractivity contribution in [3.63, 3.8) is 0 Å². The Hall–Kier alpha value is -2.28. The smallest absolute Gasteiger partial charge is 0.269 e. The van der Waals surface area contributed by atoms with Gasteiger partial charge in [-0.05, 0) is 43.5 Å². The molecule has 0 bridgehead atoms. The summed E-state index contributed by atoms with van der Waals surface area (Å²) in [5.74, 6) is -0.877. The lowest BCUT2D eigenvalue weighted by atomic mass is 10.1. The Labute approximate surface area is 107 Å². The summed E-state index contributed by atoms with van der Waals surface area (Å²) < 4.78 is 0. The number of hydrogen-bond acceptors (Lipinski definition) is 3. The van der Waals surface area contributed by atoms with Gasteiger partial charge in [-0.15, -0.1) is 0 Å². The molecule has 1 rings (SSSR count). The normalized spacial score (nSPS) is 11.4. The van der Waals surface area contributed by atoms with E-state index in [9.17, 15) is 9.90 Å². The highest BCUT2D eigenvalue weighted by molar-refractivity contribution is 6.06. The lowest BCUT2D eigenvalue weighted by molar-refractivity contribution is -0.112. The molecular weight excluding hydrogens is 228 g/mol. The molecule has 0 aliphatic rings. The highest BCUT2D eigenvalue weighted by atomic mass is 16.3. The van der Waals surface area contributed by atoms with Crippen LogP contribution in [0.2, 0.25) is 0 Å². The second-order valence-corrected chi connectivity index (χ2v) is 4.02. The van der Waals surface area contributed by atoms with E-state index in [0.717, 1.165) is 12.0 Å². The van der Waals surface area contributed by atoms with Crippen molar-refractivity contribution in [1.82, 2.24) is 0 Å². The second kappa shape index (κ2) is 5.87. The molecule has 0 unspecified atom stereocenters. The molecule has 1 amide bonds. The molecule has 2 N–H and O–H groups in total. The zero-order chi connectivity index (χ0) is 13.7. The van der Waals surface area contributed by atoms with Gasteiger partial charge in [-0.2, -0.15) is 5.26 Å². The topological polar surface area (TPSA) is 73.1 Å². The fourth-order valence-electron chi connectivity index (χ4n) is 1.66. The van der Waals surface area contributed by atoms with Gasteiger partial charge in [0, 0.05) is 5.69 Å². The van der Waals surface area contributed by atoms with E-state index in [1.807, 2.05) is 19.1 Å². The van der Waals surface area contributed by atoms with Crippen molar-refractivity contribution in [3.8, 4) is 6.07 Å². The van der Waals surface area contributed by atoms with E-state index < -0.39 is 5.91 Å². The number of allylic oxidation sites excluding steroid dienone is 1. The van der Waals surface area contributed by atoms with Crippen molar-refractivity contribution in [1.29, 1.82) is 5.26 Å². The van der Waals surface area contributed by atoms with Crippen molar-refractivity contribution < 1.29 is 9.90 Å². The quantitative estimate of drug-likeness (QED) is 0.488. The number of rotatable bonds is 3. The molecule has 0 aromatic heterocycles. The predicted molar refractivity (Wildman–Crippen MR) is 70.1 cm³/mol. The maximum absolute atomic E-state index is 11.7. The number of nitrogens with one attached hydrogen (secondary N) is 1. The zero-order valence-electron chi connectivity index (χ0n) is 10.7. The first kappa shape index (κ1) is 13.8. The number of hydrogen-bond donors (Lipinski definition) is 2. The Morgan fingerprint density at radius 3 is 2.61 bits per heavy atom. The Kier molecular flexibility index (Phi) is 4.50. The van der Waals surface area contributed by atoms with Crippen LogP contribution in [-0.2, 0) is 11.2 Å². The number of aliphatic hydroxyl groups excluding tert-OH is 1. The second-order valence-electron chi connectivity index (χ2n) is 4.02. The van der Waals surface area contributed by atoms with Crippen LogP contribution in [-0.4, -0.2) is 11.0 Å². The van der Waals surface area contributed by atoms with Gasteiger partial charge in [0.1, 0.15) is 11.8 Å². The molecule has 0 saturated heterocycles. The summed E-state index contributed by atoms with van der Waals surface area (Å²) in [6, 6.07) is 7.24. The minimum absolute atomic E-state index is 0.271. The number of nitrogens with zero attached hydrogens (tertiary/aromatic N) is 1. The van der Waals surface area contributed by atoms with Crippen LogP contribution < -0.4 is 5.32 Å². The van der Waals surface area contributed by atoms with E-state index in [-0.39, 0.29) is 11.3 Å². The predicted octanol–water partition coefficient (Wildman–Crippen LogP) is 2.85. The zero-order valence-corrected chi connectivity index (χ0v) is 10.7. The standard InChI is InChI=1S/C14H16N2O2/c1-4-11-5-6-12(7-9(11)2)16-14(18)13(8-15)10(3)17/h5-7,17H,4H2,1-3H3,(H,16,18)/b13-10-. The number of carbonyl (C=O) groups is 1. The molecule has 0 heterocycles. The van der Waals surface area contributed by atoms with Gasteiger partial charge in [-0.3, -0.25) is 4.79 Å². The molecule has 94 valence electrons. The summed E-state index contributed by atoms with van der Waals surface area (Å²) in [6.07, 6.45) is 0.930. The lowest BCUT2D eigenvalue weighted by Crippen LogP contribution is -2.15. The molecule has 0 aliphatic carbocycles. The molecule has 0 atom stereocenters.